The zero-order valence-electron chi connectivity index (χ0n) is 7.27. The van der Waals surface area contributed by atoms with Crippen molar-refractivity contribution in [1.82, 2.24) is 14.6 Å². The summed E-state index contributed by atoms with van der Waals surface area (Å²) in [5.41, 5.74) is 0.755. The minimum Gasteiger partial charge on any atom is -0.465 e. The van der Waals surface area contributed by atoms with E-state index < -0.39 is 5.97 Å². The molecule has 0 radical (unpaired) electrons. The molecule has 0 aromatic carbocycles. The van der Waals surface area contributed by atoms with Crippen molar-refractivity contribution in [2.75, 3.05) is 7.11 Å². The molecule has 0 aliphatic heterocycles. The lowest BCUT2D eigenvalue weighted by atomic mass is 10.3. The number of carbonyl (C=O) groups excluding carboxylic acids is 1. The second-order valence-electron chi connectivity index (χ2n) is 2.59. The second-order valence-corrected chi connectivity index (χ2v) is 3.03. The summed E-state index contributed by atoms with van der Waals surface area (Å²) < 4.78 is 5.99. The molecule has 0 unspecified atom stereocenters. The first kappa shape index (κ1) is 8.96. The predicted octanol–water partition coefficient (Wildman–Crippen LogP) is 1.17. The van der Waals surface area contributed by atoms with Crippen LogP contribution >= 0.6 is 11.6 Å². The topological polar surface area (TPSA) is 56.5 Å². The van der Waals surface area contributed by atoms with E-state index >= 15 is 0 Å². The van der Waals surface area contributed by atoms with Crippen molar-refractivity contribution < 1.29 is 9.53 Å². The largest absolute Gasteiger partial charge is 0.465 e. The van der Waals surface area contributed by atoms with Crippen molar-refractivity contribution in [3.63, 3.8) is 0 Å². The van der Waals surface area contributed by atoms with Crippen LogP contribution < -0.4 is 0 Å². The lowest BCUT2D eigenvalue weighted by Crippen LogP contribution is -2.01. The van der Waals surface area contributed by atoms with Crippen LogP contribution in [0.3, 0.4) is 0 Å². The first-order valence-electron chi connectivity index (χ1n) is 3.79. The summed E-state index contributed by atoms with van der Waals surface area (Å²) >= 11 is 5.70. The van der Waals surface area contributed by atoms with Gasteiger partial charge in [0.15, 0.2) is 5.65 Å². The van der Waals surface area contributed by atoms with Gasteiger partial charge in [-0.3, -0.25) is 0 Å². The number of hydrogen-bond donors (Lipinski definition) is 0. The Hall–Kier alpha value is -1.62. The van der Waals surface area contributed by atoms with E-state index in [1.54, 1.807) is 6.20 Å². The predicted molar refractivity (Wildman–Crippen MR) is 49.3 cm³/mol. The fourth-order valence-electron chi connectivity index (χ4n) is 1.11. The molecule has 0 aliphatic rings. The molecule has 0 N–H and O–H groups in total. The number of halogens is 1. The number of fused-ring (bicyclic) bond motifs is 1. The van der Waals surface area contributed by atoms with Gasteiger partial charge in [-0.15, -0.1) is 0 Å². The number of rotatable bonds is 1. The van der Waals surface area contributed by atoms with Gasteiger partial charge in [0.05, 0.1) is 24.5 Å². The molecular formula is C8H6ClN3O2. The Kier molecular flexibility index (Phi) is 2.09. The monoisotopic (exact) mass is 211 g/mol. The fourth-order valence-corrected chi connectivity index (χ4v) is 1.25. The Labute approximate surface area is 84.3 Å². The van der Waals surface area contributed by atoms with E-state index in [0.717, 1.165) is 0 Å². The highest BCUT2D eigenvalue weighted by molar-refractivity contribution is 6.30. The molecule has 0 aliphatic carbocycles. The molecular weight excluding hydrogens is 206 g/mol. The number of esters is 1. The average molecular weight is 212 g/mol. The van der Waals surface area contributed by atoms with Crippen molar-refractivity contribution in [2.24, 2.45) is 0 Å². The molecule has 0 fully saturated rings. The van der Waals surface area contributed by atoms with E-state index in [4.69, 9.17) is 11.6 Å². The van der Waals surface area contributed by atoms with Crippen LogP contribution in [0.15, 0.2) is 18.6 Å². The average Bonchev–Trinajstić information content (AvgIpc) is 2.59. The van der Waals surface area contributed by atoms with Gasteiger partial charge in [0.1, 0.15) is 5.56 Å². The summed E-state index contributed by atoms with van der Waals surface area (Å²) in [4.78, 5) is 15.2. The van der Waals surface area contributed by atoms with E-state index in [0.29, 0.717) is 16.2 Å². The van der Waals surface area contributed by atoms with Gasteiger partial charge in [0.2, 0.25) is 0 Å². The molecule has 2 aromatic heterocycles. The molecule has 2 heterocycles. The Morgan fingerprint density at radius 2 is 2.36 bits per heavy atom. The van der Waals surface area contributed by atoms with E-state index in [1.807, 2.05) is 0 Å². The molecule has 6 heteroatoms. The van der Waals surface area contributed by atoms with E-state index in [9.17, 15) is 4.79 Å². The highest BCUT2D eigenvalue weighted by Crippen LogP contribution is 2.12. The Bertz CT molecular complexity index is 494. The minimum absolute atomic E-state index is 0.323. The number of aromatic nitrogens is 3. The van der Waals surface area contributed by atoms with Crippen LogP contribution in [0.5, 0.6) is 0 Å². The molecule has 2 rings (SSSR count). The van der Waals surface area contributed by atoms with Crippen LogP contribution in [-0.2, 0) is 4.74 Å². The van der Waals surface area contributed by atoms with Crippen molar-refractivity contribution in [1.29, 1.82) is 0 Å². The quantitative estimate of drug-likeness (QED) is 0.665. The van der Waals surface area contributed by atoms with Gasteiger partial charge in [-0.05, 0) is 0 Å². The maximum Gasteiger partial charge on any atom is 0.343 e. The molecule has 72 valence electrons. The number of methoxy groups -OCH3 is 1. The molecule has 2 aromatic rings. The zero-order chi connectivity index (χ0) is 10.1. The Morgan fingerprint density at radius 3 is 3.07 bits per heavy atom. The minimum atomic E-state index is -0.463. The molecule has 0 saturated carbocycles. The first-order chi connectivity index (χ1) is 6.72. The molecule has 0 saturated heterocycles. The highest BCUT2D eigenvalue weighted by atomic mass is 35.5. The van der Waals surface area contributed by atoms with Crippen LogP contribution in [0.25, 0.3) is 5.65 Å². The summed E-state index contributed by atoms with van der Waals surface area (Å²) in [5.74, 6) is -0.463. The summed E-state index contributed by atoms with van der Waals surface area (Å²) in [6.45, 7) is 0. The van der Waals surface area contributed by atoms with Crippen LogP contribution in [0.1, 0.15) is 10.4 Å². The van der Waals surface area contributed by atoms with Crippen LogP contribution in [0, 0.1) is 0 Å². The standard InChI is InChI=1S/C8H6ClN3O2/c1-14-8(13)6-3-11-12-4-5(9)2-10-7(6)12/h2-4H,1H3. The molecule has 0 atom stereocenters. The molecule has 14 heavy (non-hydrogen) atoms. The second kappa shape index (κ2) is 3.26. The molecule has 0 amide bonds. The van der Waals surface area contributed by atoms with E-state index in [-0.39, 0.29) is 0 Å². The molecule has 5 nitrogen and oxygen atoms in total. The Balaban J connectivity index is 2.64. The summed E-state index contributed by atoms with van der Waals surface area (Å²) in [7, 11) is 1.31. The van der Waals surface area contributed by atoms with Crippen molar-refractivity contribution in [3.05, 3.63) is 29.2 Å². The van der Waals surface area contributed by atoms with Gasteiger partial charge in [-0.25, -0.2) is 14.3 Å². The smallest absolute Gasteiger partial charge is 0.343 e. The van der Waals surface area contributed by atoms with Gasteiger partial charge >= 0.3 is 5.97 Å². The van der Waals surface area contributed by atoms with Crippen molar-refractivity contribution in [2.45, 2.75) is 0 Å². The maximum absolute atomic E-state index is 11.2. The number of carbonyl (C=O) groups is 1. The number of ether oxygens (including phenoxy) is 1. The van der Waals surface area contributed by atoms with E-state index in [1.165, 1.54) is 24.0 Å². The molecule has 0 bridgehead atoms. The van der Waals surface area contributed by atoms with Crippen LogP contribution in [0.2, 0.25) is 5.02 Å². The lowest BCUT2D eigenvalue weighted by Gasteiger charge is -1.96. The van der Waals surface area contributed by atoms with Crippen LogP contribution in [-0.4, -0.2) is 27.7 Å². The van der Waals surface area contributed by atoms with Crippen molar-refractivity contribution in [3.8, 4) is 0 Å². The van der Waals surface area contributed by atoms with Gasteiger partial charge in [-0.1, -0.05) is 11.6 Å². The maximum atomic E-state index is 11.2. The van der Waals surface area contributed by atoms with Gasteiger partial charge in [0, 0.05) is 6.20 Å². The van der Waals surface area contributed by atoms with Crippen LogP contribution in [0.4, 0.5) is 0 Å². The first-order valence-corrected chi connectivity index (χ1v) is 4.17. The lowest BCUT2D eigenvalue weighted by molar-refractivity contribution is 0.0602. The van der Waals surface area contributed by atoms with Gasteiger partial charge < -0.3 is 4.74 Å². The zero-order valence-corrected chi connectivity index (χ0v) is 8.02. The normalized spacial score (nSPS) is 10.4. The SMILES string of the molecule is COC(=O)c1cnn2cc(Cl)cnc12. The highest BCUT2D eigenvalue weighted by Gasteiger charge is 2.13. The third-order valence-electron chi connectivity index (χ3n) is 1.73. The van der Waals surface area contributed by atoms with Gasteiger partial charge in [0.25, 0.3) is 0 Å². The Morgan fingerprint density at radius 1 is 1.57 bits per heavy atom. The summed E-state index contributed by atoms with van der Waals surface area (Å²) in [6.07, 6.45) is 4.41. The summed E-state index contributed by atoms with van der Waals surface area (Å²) in [6, 6.07) is 0. The van der Waals surface area contributed by atoms with Gasteiger partial charge in [-0.2, -0.15) is 5.10 Å². The fraction of sp³-hybridized carbons (Fsp3) is 0.125. The third-order valence-corrected chi connectivity index (χ3v) is 1.93. The van der Waals surface area contributed by atoms with E-state index in [2.05, 4.69) is 14.8 Å². The third kappa shape index (κ3) is 1.31. The number of nitrogens with zero attached hydrogens (tertiary/aromatic N) is 3. The number of hydrogen-bond acceptors (Lipinski definition) is 4. The summed E-state index contributed by atoms with van der Waals surface area (Å²) in [5, 5.41) is 4.37. The molecule has 0 spiro atoms. The van der Waals surface area contributed by atoms with Crippen molar-refractivity contribution >= 4 is 23.2 Å².